The normalized spacial score (nSPS) is 25.5. The molecule has 0 N–H and O–H groups in total. The summed E-state index contributed by atoms with van der Waals surface area (Å²) in [5.41, 5.74) is 2.63. The van der Waals surface area contributed by atoms with E-state index in [0.717, 1.165) is 11.1 Å². The van der Waals surface area contributed by atoms with Crippen LogP contribution in [0.25, 0.3) is 0 Å². The summed E-state index contributed by atoms with van der Waals surface area (Å²) in [6.45, 7) is 3.20. The van der Waals surface area contributed by atoms with E-state index in [4.69, 9.17) is 26.3 Å². The summed E-state index contributed by atoms with van der Waals surface area (Å²) in [5.74, 6) is 0. The molecule has 0 saturated carbocycles. The number of nitriles is 1. The maximum absolute atomic E-state index is 14.3. The van der Waals surface area contributed by atoms with E-state index in [-0.39, 0.29) is 0 Å². The molecule has 1 aromatic rings. The quantitative estimate of drug-likeness (QED) is 0.765. The van der Waals surface area contributed by atoms with Gasteiger partial charge in [0, 0.05) is 19.2 Å². The highest BCUT2D eigenvalue weighted by atomic mass is 35.5. The number of hydrogen-bond donors (Lipinski definition) is 0. The molecule has 0 spiro atoms. The van der Waals surface area contributed by atoms with Crippen LogP contribution < -0.4 is 0 Å². The lowest BCUT2D eigenvalue weighted by Crippen LogP contribution is -2.41. The minimum atomic E-state index is -0.979. The van der Waals surface area contributed by atoms with Gasteiger partial charge in [0.05, 0.1) is 29.5 Å². The first-order valence-electron chi connectivity index (χ1n) is 7.87. The standard InChI is InChI=1S/C17H19ClFN3O2/c1-10-12(4-3-11(9-20)14(10)18)15-17(24-8-7-23-2)16-13(19)5-6-22(16)21-15/h3-4,13,16-17H,5-8H2,1-2H3/t13-,16+,17-/m1/s1. The Bertz CT molecular complexity index is 704. The van der Waals surface area contributed by atoms with E-state index in [2.05, 4.69) is 11.2 Å². The molecule has 1 fully saturated rings. The minimum absolute atomic E-state index is 0.361. The Balaban J connectivity index is 1.96. The molecule has 0 bridgehead atoms. The maximum atomic E-state index is 14.3. The number of ether oxygens (including phenoxy) is 2. The molecule has 1 saturated heterocycles. The average molecular weight is 352 g/mol. The van der Waals surface area contributed by atoms with Crippen LogP contribution in [0.1, 0.15) is 23.1 Å². The molecule has 0 unspecified atom stereocenters. The van der Waals surface area contributed by atoms with Crippen LogP contribution in [0.3, 0.4) is 0 Å². The van der Waals surface area contributed by atoms with Gasteiger partial charge in [0.15, 0.2) is 0 Å². The summed E-state index contributed by atoms with van der Waals surface area (Å²) < 4.78 is 25.3. The van der Waals surface area contributed by atoms with Crippen molar-refractivity contribution in [1.29, 1.82) is 5.26 Å². The van der Waals surface area contributed by atoms with Crippen LogP contribution in [-0.4, -0.2) is 55.9 Å². The van der Waals surface area contributed by atoms with E-state index in [0.29, 0.717) is 42.5 Å². The van der Waals surface area contributed by atoms with Gasteiger partial charge in [0.1, 0.15) is 24.4 Å². The molecule has 0 radical (unpaired) electrons. The molecule has 5 nitrogen and oxygen atoms in total. The largest absolute Gasteiger partial charge is 0.382 e. The SMILES string of the molecule is COCCO[C@@H]1C(c2ccc(C#N)c(Cl)c2C)=NN2CC[C@@H](F)[C@@H]12. The topological polar surface area (TPSA) is 57.9 Å². The second-order valence-corrected chi connectivity index (χ2v) is 6.32. The highest BCUT2D eigenvalue weighted by Gasteiger charge is 2.47. The number of fused-ring (bicyclic) bond motifs is 1. The summed E-state index contributed by atoms with van der Waals surface area (Å²) in [5, 5.41) is 15.9. The van der Waals surface area contributed by atoms with Gasteiger partial charge >= 0.3 is 0 Å². The Morgan fingerprint density at radius 2 is 2.25 bits per heavy atom. The lowest BCUT2D eigenvalue weighted by atomic mass is 9.94. The van der Waals surface area contributed by atoms with Gasteiger partial charge < -0.3 is 9.47 Å². The monoisotopic (exact) mass is 351 g/mol. The van der Waals surface area contributed by atoms with E-state index < -0.39 is 18.3 Å². The van der Waals surface area contributed by atoms with Crippen molar-refractivity contribution in [1.82, 2.24) is 5.01 Å². The molecule has 3 atom stereocenters. The first-order valence-corrected chi connectivity index (χ1v) is 8.25. The summed E-state index contributed by atoms with van der Waals surface area (Å²) in [4.78, 5) is 0. The molecule has 7 heteroatoms. The molecule has 0 aromatic heterocycles. The Morgan fingerprint density at radius 1 is 1.46 bits per heavy atom. The van der Waals surface area contributed by atoms with Gasteiger partial charge in [0.2, 0.25) is 0 Å². The molecule has 2 aliphatic heterocycles. The third-order valence-corrected chi connectivity index (χ3v) is 5.02. The Hall–Kier alpha value is -1.68. The van der Waals surface area contributed by atoms with Gasteiger partial charge in [-0.2, -0.15) is 10.4 Å². The lowest BCUT2D eigenvalue weighted by molar-refractivity contribution is 0.0103. The van der Waals surface area contributed by atoms with Gasteiger partial charge in [-0.05, 0) is 25.0 Å². The highest BCUT2D eigenvalue weighted by molar-refractivity contribution is 6.33. The van der Waals surface area contributed by atoms with Crippen molar-refractivity contribution in [3.05, 3.63) is 33.8 Å². The molecule has 3 rings (SSSR count). The number of hydrogen-bond acceptors (Lipinski definition) is 5. The van der Waals surface area contributed by atoms with Gasteiger partial charge in [0.25, 0.3) is 0 Å². The fraction of sp³-hybridized carbons (Fsp3) is 0.529. The third-order valence-electron chi connectivity index (χ3n) is 4.53. The molecule has 128 valence electrons. The first kappa shape index (κ1) is 17.2. The van der Waals surface area contributed by atoms with E-state index in [1.54, 1.807) is 24.3 Å². The zero-order valence-electron chi connectivity index (χ0n) is 13.6. The fourth-order valence-electron chi connectivity index (χ4n) is 3.27. The van der Waals surface area contributed by atoms with Gasteiger partial charge in [-0.3, -0.25) is 5.01 Å². The van der Waals surface area contributed by atoms with Crippen molar-refractivity contribution < 1.29 is 13.9 Å². The molecular formula is C17H19ClFN3O2. The second kappa shape index (κ2) is 7.06. The van der Waals surface area contributed by atoms with Crippen molar-refractivity contribution in [3.8, 4) is 6.07 Å². The zero-order chi connectivity index (χ0) is 17.3. The molecule has 1 aromatic carbocycles. The van der Waals surface area contributed by atoms with Crippen molar-refractivity contribution in [2.75, 3.05) is 26.9 Å². The molecule has 2 heterocycles. The van der Waals surface area contributed by atoms with E-state index in [9.17, 15) is 4.39 Å². The summed E-state index contributed by atoms with van der Waals surface area (Å²) >= 11 is 6.27. The van der Waals surface area contributed by atoms with Gasteiger partial charge in [-0.15, -0.1) is 0 Å². The van der Waals surface area contributed by atoms with Gasteiger partial charge in [-0.1, -0.05) is 17.7 Å². The lowest BCUT2D eigenvalue weighted by Gasteiger charge is -2.23. The smallest absolute Gasteiger partial charge is 0.127 e. The summed E-state index contributed by atoms with van der Waals surface area (Å²) in [6, 6.07) is 5.12. The number of halogens is 2. The molecule has 2 aliphatic rings. The number of alkyl halides is 1. The van der Waals surface area contributed by atoms with E-state index in [1.165, 1.54) is 0 Å². The highest BCUT2D eigenvalue weighted by Crippen LogP contribution is 2.35. The van der Waals surface area contributed by atoms with Gasteiger partial charge in [-0.25, -0.2) is 4.39 Å². The molecule has 24 heavy (non-hydrogen) atoms. The Kier molecular flexibility index (Phi) is 5.04. The summed E-state index contributed by atoms with van der Waals surface area (Å²) in [7, 11) is 1.59. The molecule has 0 amide bonds. The fourth-order valence-corrected chi connectivity index (χ4v) is 3.48. The van der Waals surface area contributed by atoms with E-state index >= 15 is 0 Å². The van der Waals surface area contributed by atoms with Crippen molar-refractivity contribution in [3.63, 3.8) is 0 Å². The average Bonchev–Trinajstić information content (AvgIpc) is 3.11. The minimum Gasteiger partial charge on any atom is -0.382 e. The van der Waals surface area contributed by atoms with Crippen LogP contribution >= 0.6 is 11.6 Å². The predicted octanol–water partition coefficient (Wildman–Crippen LogP) is 2.68. The number of benzene rings is 1. The number of hydrazone groups is 1. The van der Waals surface area contributed by atoms with Crippen LogP contribution in [0.15, 0.2) is 17.2 Å². The number of rotatable bonds is 5. The molecule has 0 aliphatic carbocycles. The van der Waals surface area contributed by atoms with Crippen LogP contribution in [0.2, 0.25) is 5.02 Å². The zero-order valence-corrected chi connectivity index (χ0v) is 14.4. The molecular weight excluding hydrogens is 333 g/mol. The first-order chi connectivity index (χ1) is 11.6. The van der Waals surface area contributed by atoms with Crippen LogP contribution in [0, 0.1) is 18.3 Å². The van der Waals surface area contributed by atoms with Crippen molar-refractivity contribution >= 4 is 17.3 Å². The van der Waals surface area contributed by atoms with Crippen LogP contribution in [0.5, 0.6) is 0 Å². The maximum Gasteiger partial charge on any atom is 0.127 e. The Labute approximate surface area is 145 Å². The number of nitrogens with zero attached hydrogens (tertiary/aromatic N) is 3. The van der Waals surface area contributed by atoms with E-state index in [1.807, 2.05) is 6.92 Å². The van der Waals surface area contributed by atoms with Crippen molar-refractivity contribution in [2.24, 2.45) is 5.10 Å². The summed E-state index contributed by atoms with van der Waals surface area (Å²) in [6.07, 6.45) is -0.994. The third kappa shape index (κ3) is 2.88. The predicted molar refractivity (Wildman–Crippen MR) is 89.1 cm³/mol. The number of methoxy groups -OCH3 is 1. The van der Waals surface area contributed by atoms with Crippen molar-refractivity contribution in [2.45, 2.75) is 31.7 Å². The second-order valence-electron chi connectivity index (χ2n) is 5.94. The van der Waals surface area contributed by atoms with Crippen LogP contribution in [0.4, 0.5) is 4.39 Å². The Morgan fingerprint density at radius 3 is 2.96 bits per heavy atom. The van der Waals surface area contributed by atoms with Crippen LogP contribution in [-0.2, 0) is 9.47 Å².